The molecule has 0 unspecified atom stereocenters. The van der Waals surface area contributed by atoms with E-state index in [1.54, 1.807) is 0 Å². The average molecular weight is 452 g/mol. The minimum atomic E-state index is -4.58. The van der Waals surface area contributed by atoms with E-state index in [4.69, 9.17) is 4.74 Å². The molecular weight excluding hydrogens is 437 g/mol. The highest BCUT2D eigenvalue weighted by Gasteiger charge is 2.30. The number of alkyl halides is 3. The SMILES string of the molecule is COc1cc(NS(=O)(=O)c2ccc(NC(=O)c3cccc(C(F)(F)F)c3)cc2)ncn1. The van der Waals surface area contributed by atoms with Crippen molar-refractivity contribution in [2.45, 2.75) is 11.1 Å². The molecule has 2 N–H and O–H groups in total. The van der Waals surface area contributed by atoms with Gasteiger partial charge < -0.3 is 10.1 Å². The quantitative estimate of drug-likeness (QED) is 0.592. The topological polar surface area (TPSA) is 110 Å². The molecule has 162 valence electrons. The number of methoxy groups -OCH3 is 1. The van der Waals surface area contributed by atoms with Crippen LogP contribution in [0.5, 0.6) is 5.88 Å². The Bertz CT molecular complexity index is 1200. The Hall–Kier alpha value is -3.67. The van der Waals surface area contributed by atoms with E-state index in [1.807, 2.05) is 0 Å². The number of rotatable bonds is 6. The van der Waals surface area contributed by atoms with Crippen LogP contribution in [0.15, 0.2) is 65.8 Å². The Kier molecular flexibility index (Phi) is 6.11. The first-order chi connectivity index (χ1) is 14.6. The maximum absolute atomic E-state index is 12.8. The van der Waals surface area contributed by atoms with Crippen LogP contribution in [0.1, 0.15) is 15.9 Å². The van der Waals surface area contributed by atoms with Gasteiger partial charge in [-0.25, -0.2) is 18.4 Å². The fraction of sp³-hybridized carbons (Fsp3) is 0.105. The molecule has 0 saturated heterocycles. The second kappa shape index (κ2) is 8.60. The lowest BCUT2D eigenvalue weighted by molar-refractivity contribution is -0.137. The summed E-state index contributed by atoms with van der Waals surface area (Å²) >= 11 is 0. The summed E-state index contributed by atoms with van der Waals surface area (Å²) in [5.41, 5.74) is -0.940. The van der Waals surface area contributed by atoms with Crippen molar-refractivity contribution in [2.75, 3.05) is 17.1 Å². The molecule has 0 atom stereocenters. The van der Waals surface area contributed by atoms with E-state index >= 15 is 0 Å². The third kappa shape index (κ3) is 5.48. The van der Waals surface area contributed by atoms with Crippen molar-refractivity contribution in [3.05, 3.63) is 72.1 Å². The van der Waals surface area contributed by atoms with Crippen LogP contribution in [0.4, 0.5) is 24.7 Å². The summed E-state index contributed by atoms with van der Waals surface area (Å²) in [4.78, 5) is 19.7. The van der Waals surface area contributed by atoms with Crippen LogP contribution in [-0.4, -0.2) is 31.4 Å². The first-order valence-corrected chi connectivity index (χ1v) is 10.0. The summed E-state index contributed by atoms with van der Waals surface area (Å²) in [6.07, 6.45) is -3.45. The summed E-state index contributed by atoms with van der Waals surface area (Å²) in [5.74, 6) is -0.609. The number of nitrogens with zero attached hydrogens (tertiary/aromatic N) is 2. The molecule has 0 bridgehead atoms. The summed E-state index contributed by atoms with van der Waals surface area (Å²) in [7, 11) is -2.62. The molecule has 1 heterocycles. The van der Waals surface area contributed by atoms with Gasteiger partial charge in [0.2, 0.25) is 5.88 Å². The highest BCUT2D eigenvalue weighted by molar-refractivity contribution is 7.92. The second-order valence-electron chi connectivity index (χ2n) is 6.11. The van der Waals surface area contributed by atoms with E-state index < -0.39 is 27.7 Å². The number of carbonyl (C=O) groups is 1. The first-order valence-electron chi connectivity index (χ1n) is 8.56. The van der Waals surface area contributed by atoms with E-state index in [1.165, 1.54) is 43.5 Å². The molecule has 0 aliphatic heterocycles. The van der Waals surface area contributed by atoms with Crippen LogP contribution < -0.4 is 14.8 Å². The standard InChI is InChI=1S/C19H15F3N4O4S/c1-30-17-10-16(23-11-24-17)26-31(28,29)15-7-5-14(6-8-15)25-18(27)12-3-2-4-13(9-12)19(20,21)22/h2-11H,1H3,(H,25,27)(H,23,24,26). The van der Waals surface area contributed by atoms with E-state index in [-0.39, 0.29) is 27.8 Å². The highest BCUT2D eigenvalue weighted by atomic mass is 32.2. The third-order valence-corrected chi connectivity index (χ3v) is 5.34. The van der Waals surface area contributed by atoms with Crippen molar-refractivity contribution in [3.8, 4) is 5.88 Å². The van der Waals surface area contributed by atoms with Crippen molar-refractivity contribution >= 4 is 27.4 Å². The van der Waals surface area contributed by atoms with Gasteiger partial charge in [0, 0.05) is 17.3 Å². The van der Waals surface area contributed by atoms with E-state index in [0.29, 0.717) is 0 Å². The monoisotopic (exact) mass is 452 g/mol. The number of hydrogen-bond donors (Lipinski definition) is 2. The molecular formula is C19H15F3N4O4S. The molecule has 31 heavy (non-hydrogen) atoms. The van der Waals surface area contributed by atoms with Crippen LogP contribution in [0.3, 0.4) is 0 Å². The Morgan fingerprint density at radius 1 is 1.03 bits per heavy atom. The fourth-order valence-corrected chi connectivity index (χ4v) is 3.46. The summed E-state index contributed by atoms with van der Waals surface area (Å²) in [6, 6.07) is 10.3. The van der Waals surface area contributed by atoms with E-state index in [0.717, 1.165) is 24.5 Å². The molecule has 0 aliphatic rings. The zero-order chi connectivity index (χ0) is 22.6. The van der Waals surface area contributed by atoms with Gasteiger partial charge in [-0.3, -0.25) is 9.52 Å². The third-order valence-electron chi connectivity index (χ3n) is 3.96. The normalized spacial score (nSPS) is 11.6. The minimum absolute atomic E-state index is 0.00576. The zero-order valence-electron chi connectivity index (χ0n) is 15.8. The molecule has 1 aromatic heterocycles. The van der Waals surface area contributed by atoms with Gasteiger partial charge in [0.05, 0.1) is 17.6 Å². The number of amides is 1. The molecule has 0 spiro atoms. The van der Waals surface area contributed by atoms with Crippen molar-refractivity contribution in [1.82, 2.24) is 9.97 Å². The average Bonchev–Trinajstić information content (AvgIpc) is 2.73. The number of ether oxygens (including phenoxy) is 1. The maximum Gasteiger partial charge on any atom is 0.416 e. The number of halogens is 3. The van der Waals surface area contributed by atoms with Crippen molar-refractivity contribution in [2.24, 2.45) is 0 Å². The molecule has 12 heteroatoms. The Labute approximate surface area is 175 Å². The summed E-state index contributed by atoms with van der Waals surface area (Å²) < 4.78 is 70.5. The van der Waals surface area contributed by atoms with Crippen LogP contribution in [0.2, 0.25) is 0 Å². The molecule has 0 radical (unpaired) electrons. The van der Waals surface area contributed by atoms with Crippen LogP contribution >= 0.6 is 0 Å². The van der Waals surface area contributed by atoms with Crippen LogP contribution in [0.25, 0.3) is 0 Å². The van der Waals surface area contributed by atoms with Gasteiger partial charge >= 0.3 is 6.18 Å². The number of sulfonamides is 1. The number of anilines is 2. The predicted molar refractivity (Wildman–Crippen MR) is 105 cm³/mol. The summed E-state index contributed by atoms with van der Waals surface area (Å²) in [6.45, 7) is 0. The Balaban J connectivity index is 1.73. The van der Waals surface area contributed by atoms with Gasteiger partial charge in [0.25, 0.3) is 15.9 Å². The van der Waals surface area contributed by atoms with Gasteiger partial charge in [-0.2, -0.15) is 13.2 Å². The summed E-state index contributed by atoms with van der Waals surface area (Å²) in [5, 5.41) is 2.42. The molecule has 3 rings (SSSR count). The van der Waals surface area contributed by atoms with Gasteiger partial charge in [-0.15, -0.1) is 0 Å². The molecule has 8 nitrogen and oxygen atoms in total. The number of hydrogen-bond acceptors (Lipinski definition) is 6. The van der Waals surface area contributed by atoms with Crippen LogP contribution in [-0.2, 0) is 16.2 Å². The lowest BCUT2D eigenvalue weighted by Gasteiger charge is -2.10. The maximum atomic E-state index is 12.8. The Morgan fingerprint density at radius 2 is 1.74 bits per heavy atom. The number of benzene rings is 2. The minimum Gasteiger partial charge on any atom is -0.481 e. The van der Waals surface area contributed by atoms with Gasteiger partial charge in [-0.05, 0) is 42.5 Å². The molecule has 0 saturated carbocycles. The number of carbonyl (C=O) groups excluding carboxylic acids is 1. The van der Waals surface area contributed by atoms with Gasteiger partial charge in [-0.1, -0.05) is 6.07 Å². The zero-order valence-corrected chi connectivity index (χ0v) is 16.7. The van der Waals surface area contributed by atoms with Gasteiger partial charge in [0.1, 0.15) is 12.1 Å². The number of nitrogens with one attached hydrogen (secondary N) is 2. The van der Waals surface area contributed by atoms with E-state index in [2.05, 4.69) is 20.0 Å². The predicted octanol–water partition coefficient (Wildman–Crippen LogP) is 3.56. The lowest BCUT2D eigenvalue weighted by Crippen LogP contribution is -2.15. The highest BCUT2D eigenvalue weighted by Crippen LogP contribution is 2.29. The van der Waals surface area contributed by atoms with Crippen LogP contribution in [0, 0.1) is 0 Å². The van der Waals surface area contributed by atoms with Crippen molar-refractivity contribution < 1.29 is 31.1 Å². The van der Waals surface area contributed by atoms with Crippen molar-refractivity contribution in [1.29, 1.82) is 0 Å². The second-order valence-corrected chi connectivity index (χ2v) is 7.79. The smallest absolute Gasteiger partial charge is 0.416 e. The Morgan fingerprint density at radius 3 is 2.39 bits per heavy atom. The van der Waals surface area contributed by atoms with Gasteiger partial charge in [0.15, 0.2) is 0 Å². The first kappa shape index (κ1) is 22.0. The molecule has 3 aromatic rings. The lowest BCUT2D eigenvalue weighted by atomic mass is 10.1. The molecule has 0 aliphatic carbocycles. The fourth-order valence-electron chi connectivity index (χ4n) is 2.46. The molecule has 1 amide bonds. The number of aromatic nitrogens is 2. The van der Waals surface area contributed by atoms with Crippen molar-refractivity contribution in [3.63, 3.8) is 0 Å². The van der Waals surface area contributed by atoms with E-state index in [9.17, 15) is 26.4 Å². The molecule has 0 fully saturated rings. The molecule has 2 aromatic carbocycles. The largest absolute Gasteiger partial charge is 0.481 e.